The maximum absolute atomic E-state index is 9.99. The number of aliphatic hydroxyl groups excluding tert-OH is 1. The number of phenols is 1. The summed E-state index contributed by atoms with van der Waals surface area (Å²) in [7, 11) is 3.06. The number of methoxy groups -OCH3 is 2. The van der Waals surface area contributed by atoms with E-state index < -0.39 is 0 Å². The summed E-state index contributed by atoms with van der Waals surface area (Å²) in [6, 6.07) is 12.6. The van der Waals surface area contributed by atoms with E-state index in [-0.39, 0.29) is 12.4 Å². The van der Waals surface area contributed by atoms with E-state index in [2.05, 4.69) is 6.07 Å². The van der Waals surface area contributed by atoms with Crippen LogP contribution in [0.1, 0.15) is 49.7 Å². The van der Waals surface area contributed by atoms with Crippen molar-refractivity contribution in [2.75, 3.05) is 27.4 Å². The van der Waals surface area contributed by atoms with Gasteiger partial charge in [-0.2, -0.15) is 5.26 Å². The zero-order chi connectivity index (χ0) is 22.5. The van der Waals surface area contributed by atoms with Crippen LogP contribution >= 0.6 is 0 Å². The summed E-state index contributed by atoms with van der Waals surface area (Å²) in [6.07, 6.45) is 8.01. The molecule has 0 radical (unpaired) electrons. The molecule has 2 N–H and O–H groups in total. The van der Waals surface area contributed by atoms with Gasteiger partial charge in [-0.1, -0.05) is 31.7 Å². The Bertz CT molecular complexity index is 901. The fourth-order valence-corrected chi connectivity index (χ4v) is 3.20. The molecule has 6 nitrogen and oxygen atoms in total. The van der Waals surface area contributed by atoms with Crippen LogP contribution in [0.5, 0.6) is 23.0 Å². The highest BCUT2D eigenvalue weighted by atomic mass is 16.5. The Kier molecular flexibility index (Phi) is 10.3. The smallest absolute Gasteiger partial charge is 0.161 e. The molecule has 0 aliphatic carbocycles. The molecule has 31 heavy (non-hydrogen) atoms. The zero-order valence-corrected chi connectivity index (χ0v) is 18.3. The fourth-order valence-electron chi connectivity index (χ4n) is 3.20. The first-order chi connectivity index (χ1) is 15.1. The number of nitriles is 1. The molecular weight excluding hydrogens is 394 g/mol. The molecule has 6 heteroatoms. The van der Waals surface area contributed by atoms with Gasteiger partial charge in [0.05, 0.1) is 32.5 Å². The highest BCUT2D eigenvalue weighted by Crippen LogP contribution is 2.32. The lowest BCUT2D eigenvalue weighted by molar-refractivity contribution is 0.277. The number of phenolic OH excluding ortho intramolecular Hbond substituents is 1. The predicted octanol–water partition coefficient (Wildman–Crippen LogP) is 5.19. The van der Waals surface area contributed by atoms with Gasteiger partial charge in [0, 0.05) is 6.61 Å². The second kappa shape index (κ2) is 13.2. The minimum Gasteiger partial charge on any atom is -0.504 e. The van der Waals surface area contributed by atoms with E-state index in [0.29, 0.717) is 35.0 Å². The summed E-state index contributed by atoms with van der Waals surface area (Å²) >= 11 is 0. The van der Waals surface area contributed by atoms with Crippen LogP contribution in [0.25, 0.3) is 11.6 Å². The van der Waals surface area contributed by atoms with Gasteiger partial charge in [-0.25, -0.2) is 0 Å². The van der Waals surface area contributed by atoms with E-state index in [1.54, 1.807) is 25.3 Å². The second-order valence-electron chi connectivity index (χ2n) is 7.16. The third-order valence-corrected chi connectivity index (χ3v) is 4.92. The van der Waals surface area contributed by atoms with Gasteiger partial charge in [0.2, 0.25) is 0 Å². The number of unbranched alkanes of at least 4 members (excludes halogenated alkanes) is 5. The number of aromatic hydroxyl groups is 1. The zero-order valence-electron chi connectivity index (χ0n) is 18.3. The van der Waals surface area contributed by atoms with Crippen molar-refractivity contribution in [3.8, 4) is 29.1 Å². The number of allylic oxidation sites excluding steroid dienone is 1. The summed E-state index contributed by atoms with van der Waals surface area (Å²) < 4.78 is 16.4. The Balaban J connectivity index is 2.01. The van der Waals surface area contributed by atoms with Gasteiger partial charge < -0.3 is 24.4 Å². The van der Waals surface area contributed by atoms with Crippen LogP contribution in [0.15, 0.2) is 36.4 Å². The van der Waals surface area contributed by atoms with Gasteiger partial charge in [-0.05, 0) is 60.4 Å². The number of rotatable bonds is 13. The van der Waals surface area contributed by atoms with Crippen molar-refractivity contribution < 1.29 is 24.4 Å². The van der Waals surface area contributed by atoms with E-state index in [1.165, 1.54) is 13.2 Å². The molecule has 0 aliphatic heterocycles. The summed E-state index contributed by atoms with van der Waals surface area (Å²) in [4.78, 5) is 0. The summed E-state index contributed by atoms with van der Waals surface area (Å²) in [5, 5.41) is 28.3. The van der Waals surface area contributed by atoms with E-state index in [0.717, 1.165) is 44.1 Å². The highest BCUT2D eigenvalue weighted by Gasteiger charge is 2.09. The summed E-state index contributed by atoms with van der Waals surface area (Å²) in [5.41, 5.74) is 1.80. The van der Waals surface area contributed by atoms with Crippen molar-refractivity contribution in [2.24, 2.45) is 0 Å². The maximum Gasteiger partial charge on any atom is 0.161 e. The van der Waals surface area contributed by atoms with Gasteiger partial charge in [0.25, 0.3) is 0 Å². The standard InChI is InChI=1S/C25H31NO5/c1-29-23-12-10-20(17-22(23)28)21(18-26)15-19-9-11-24(25(16-19)30-2)31-14-8-6-4-3-5-7-13-27/h9-12,15-17,27-28H,3-8,13-14H2,1-2H3/b21-15+. The Labute approximate surface area is 184 Å². The van der Waals surface area contributed by atoms with Crippen LogP contribution in [0.4, 0.5) is 0 Å². The van der Waals surface area contributed by atoms with Crippen LogP contribution in [-0.4, -0.2) is 37.6 Å². The molecule has 0 saturated heterocycles. The Morgan fingerprint density at radius 2 is 1.58 bits per heavy atom. The minimum atomic E-state index is -0.0177. The molecule has 2 rings (SSSR count). The largest absolute Gasteiger partial charge is 0.504 e. The van der Waals surface area contributed by atoms with Gasteiger partial charge >= 0.3 is 0 Å². The monoisotopic (exact) mass is 425 g/mol. The van der Waals surface area contributed by atoms with E-state index in [4.69, 9.17) is 19.3 Å². The molecule has 0 aliphatic rings. The van der Waals surface area contributed by atoms with Gasteiger partial charge in [-0.15, -0.1) is 0 Å². The molecule has 2 aromatic rings. The lowest BCUT2D eigenvalue weighted by Crippen LogP contribution is -1.99. The molecule has 0 amide bonds. The average Bonchev–Trinajstić information content (AvgIpc) is 2.79. The van der Waals surface area contributed by atoms with Crippen molar-refractivity contribution >= 4 is 11.6 Å². The van der Waals surface area contributed by atoms with Crippen molar-refractivity contribution in [3.05, 3.63) is 47.5 Å². The van der Waals surface area contributed by atoms with Crippen LogP contribution in [0.3, 0.4) is 0 Å². The normalized spacial score (nSPS) is 11.1. The summed E-state index contributed by atoms with van der Waals surface area (Å²) in [5.74, 6) is 1.61. The molecule has 0 fully saturated rings. The van der Waals surface area contributed by atoms with Gasteiger partial charge in [0.1, 0.15) is 0 Å². The van der Waals surface area contributed by atoms with E-state index >= 15 is 0 Å². The quantitative estimate of drug-likeness (QED) is 0.261. The molecule has 0 saturated carbocycles. The number of hydrogen-bond donors (Lipinski definition) is 2. The van der Waals surface area contributed by atoms with Crippen molar-refractivity contribution in [1.82, 2.24) is 0 Å². The Morgan fingerprint density at radius 1 is 0.903 bits per heavy atom. The lowest BCUT2D eigenvalue weighted by Gasteiger charge is -2.12. The average molecular weight is 426 g/mol. The molecule has 0 atom stereocenters. The van der Waals surface area contributed by atoms with Crippen LogP contribution in [0.2, 0.25) is 0 Å². The number of aliphatic hydroxyl groups is 1. The van der Waals surface area contributed by atoms with E-state index in [1.807, 2.05) is 18.2 Å². The van der Waals surface area contributed by atoms with Crippen LogP contribution < -0.4 is 14.2 Å². The molecule has 0 unspecified atom stereocenters. The van der Waals surface area contributed by atoms with Crippen LogP contribution in [-0.2, 0) is 0 Å². The number of ether oxygens (including phenoxy) is 3. The molecule has 0 aromatic heterocycles. The third-order valence-electron chi connectivity index (χ3n) is 4.92. The Morgan fingerprint density at radius 3 is 2.23 bits per heavy atom. The maximum atomic E-state index is 9.99. The number of hydrogen-bond acceptors (Lipinski definition) is 6. The van der Waals surface area contributed by atoms with E-state index in [9.17, 15) is 10.4 Å². The molecule has 166 valence electrons. The number of nitrogens with zero attached hydrogens (tertiary/aromatic N) is 1. The predicted molar refractivity (Wildman–Crippen MR) is 121 cm³/mol. The number of benzene rings is 2. The SMILES string of the molecule is COc1ccc(/C(C#N)=C/c2ccc(OCCCCCCCCO)c(OC)c2)cc1O. The lowest BCUT2D eigenvalue weighted by atomic mass is 10.0. The van der Waals surface area contributed by atoms with Gasteiger partial charge in [-0.3, -0.25) is 0 Å². The minimum absolute atomic E-state index is 0.0177. The molecule has 0 spiro atoms. The summed E-state index contributed by atoms with van der Waals surface area (Å²) in [6.45, 7) is 0.882. The van der Waals surface area contributed by atoms with Crippen molar-refractivity contribution in [2.45, 2.75) is 38.5 Å². The van der Waals surface area contributed by atoms with Crippen molar-refractivity contribution in [3.63, 3.8) is 0 Å². The van der Waals surface area contributed by atoms with Crippen molar-refractivity contribution in [1.29, 1.82) is 5.26 Å². The first-order valence-corrected chi connectivity index (χ1v) is 10.5. The first kappa shape index (κ1) is 24.1. The molecule has 2 aromatic carbocycles. The molecule has 0 heterocycles. The fraction of sp³-hybridized carbons (Fsp3) is 0.400. The second-order valence-corrected chi connectivity index (χ2v) is 7.16. The molecular formula is C25H31NO5. The topological polar surface area (TPSA) is 91.9 Å². The van der Waals surface area contributed by atoms with Gasteiger partial charge in [0.15, 0.2) is 23.0 Å². The van der Waals surface area contributed by atoms with Crippen LogP contribution in [0, 0.1) is 11.3 Å². The first-order valence-electron chi connectivity index (χ1n) is 10.5. The third kappa shape index (κ3) is 7.54. The highest BCUT2D eigenvalue weighted by molar-refractivity contribution is 5.90. The Hall–Kier alpha value is -3.17. The molecule has 0 bridgehead atoms.